The molecular formula is C15H23NO. The third-order valence-electron chi connectivity index (χ3n) is 3.94. The first-order valence-corrected chi connectivity index (χ1v) is 6.69. The van der Waals surface area contributed by atoms with E-state index in [9.17, 15) is 5.11 Å². The first-order chi connectivity index (χ1) is 8.26. The van der Waals surface area contributed by atoms with Gasteiger partial charge >= 0.3 is 0 Å². The molecule has 1 aliphatic heterocycles. The molecule has 0 saturated carbocycles. The molecule has 0 spiro atoms. The van der Waals surface area contributed by atoms with Gasteiger partial charge in [-0.05, 0) is 23.5 Å². The molecule has 0 bridgehead atoms. The Morgan fingerprint density at radius 1 is 1.41 bits per heavy atom. The van der Waals surface area contributed by atoms with Crippen LogP contribution in [0.2, 0.25) is 0 Å². The number of aliphatic hydroxyl groups excluding tert-OH is 1. The molecule has 0 amide bonds. The van der Waals surface area contributed by atoms with Crippen LogP contribution < -0.4 is 0 Å². The molecule has 2 rings (SSSR count). The van der Waals surface area contributed by atoms with Gasteiger partial charge in [0.05, 0.1) is 12.6 Å². The lowest BCUT2D eigenvalue weighted by Crippen LogP contribution is -2.39. The van der Waals surface area contributed by atoms with Gasteiger partial charge in [-0.25, -0.2) is 0 Å². The Morgan fingerprint density at radius 2 is 2.18 bits per heavy atom. The lowest BCUT2D eigenvalue weighted by Gasteiger charge is -2.37. The van der Waals surface area contributed by atoms with Crippen molar-refractivity contribution in [2.75, 3.05) is 19.7 Å². The number of benzene rings is 1. The summed E-state index contributed by atoms with van der Waals surface area (Å²) in [7, 11) is 0. The highest BCUT2D eigenvalue weighted by atomic mass is 16.3. The molecule has 2 nitrogen and oxygen atoms in total. The third kappa shape index (κ3) is 2.70. The Balaban J connectivity index is 2.17. The molecule has 0 aliphatic carbocycles. The van der Waals surface area contributed by atoms with E-state index in [0.29, 0.717) is 5.92 Å². The Morgan fingerprint density at radius 3 is 2.88 bits per heavy atom. The van der Waals surface area contributed by atoms with E-state index in [4.69, 9.17) is 0 Å². The minimum Gasteiger partial charge on any atom is -0.394 e. The van der Waals surface area contributed by atoms with Gasteiger partial charge in [0, 0.05) is 13.1 Å². The Bertz CT molecular complexity index is 364. The molecule has 1 aliphatic rings. The van der Waals surface area contributed by atoms with Gasteiger partial charge in [-0.2, -0.15) is 0 Å². The van der Waals surface area contributed by atoms with E-state index in [1.807, 2.05) is 0 Å². The van der Waals surface area contributed by atoms with Crippen molar-refractivity contribution < 1.29 is 5.11 Å². The van der Waals surface area contributed by atoms with Crippen LogP contribution in [-0.4, -0.2) is 29.7 Å². The van der Waals surface area contributed by atoms with Crippen molar-refractivity contribution in [3.63, 3.8) is 0 Å². The molecule has 0 fully saturated rings. The molecule has 94 valence electrons. The van der Waals surface area contributed by atoms with Gasteiger partial charge in [0.15, 0.2) is 0 Å². The van der Waals surface area contributed by atoms with Crippen LogP contribution in [0.4, 0.5) is 0 Å². The maximum absolute atomic E-state index is 9.65. The van der Waals surface area contributed by atoms with Gasteiger partial charge in [0.2, 0.25) is 0 Å². The van der Waals surface area contributed by atoms with E-state index in [2.05, 4.69) is 43.0 Å². The molecule has 0 saturated heterocycles. The van der Waals surface area contributed by atoms with E-state index in [-0.39, 0.29) is 12.6 Å². The fraction of sp³-hybridized carbons (Fsp3) is 0.600. The van der Waals surface area contributed by atoms with Crippen LogP contribution in [0, 0.1) is 5.92 Å². The van der Waals surface area contributed by atoms with Crippen LogP contribution in [0.1, 0.15) is 37.4 Å². The first-order valence-electron chi connectivity index (χ1n) is 6.69. The molecule has 17 heavy (non-hydrogen) atoms. The van der Waals surface area contributed by atoms with Gasteiger partial charge in [0.1, 0.15) is 0 Å². The van der Waals surface area contributed by atoms with Crippen LogP contribution in [0.3, 0.4) is 0 Å². The average molecular weight is 233 g/mol. The van der Waals surface area contributed by atoms with Crippen molar-refractivity contribution >= 4 is 0 Å². The SMILES string of the molecule is CCC(C)CN1CCc2ccccc2C1CO. The second-order valence-corrected chi connectivity index (χ2v) is 5.16. The summed E-state index contributed by atoms with van der Waals surface area (Å²) in [4.78, 5) is 2.44. The number of hydrogen-bond donors (Lipinski definition) is 1. The highest BCUT2D eigenvalue weighted by Crippen LogP contribution is 2.29. The molecule has 1 aromatic carbocycles. The molecule has 0 aromatic heterocycles. The summed E-state index contributed by atoms with van der Waals surface area (Å²) in [6.07, 6.45) is 2.32. The molecule has 1 aromatic rings. The molecule has 0 radical (unpaired) electrons. The van der Waals surface area contributed by atoms with Crippen molar-refractivity contribution in [1.29, 1.82) is 0 Å². The summed E-state index contributed by atoms with van der Waals surface area (Å²) in [6, 6.07) is 8.73. The quantitative estimate of drug-likeness (QED) is 0.864. The molecule has 2 unspecified atom stereocenters. The van der Waals surface area contributed by atoms with E-state index in [1.54, 1.807) is 0 Å². The van der Waals surface area contributed by atoms with Crippen molar-refractivity contribution in [3.05, 3.63) is 35.4 Å². The fourth-order valence-electron chi connectivity index (χ4n) is 2.67. The summed E-state index contributed by atoms with van der Waals surface area (Å²) in [5.41, 5.74) is 2.73. The summed E-state index contributed by atoms with van der Waals surface area (Å²) >= 11 is 0. The Kier molecular flexibility index (Phi) is 4.19. The summed E-state index contributed by atoms with van der Waals surface area (Å²) in [6.45, 7) is 6.92. The molecule has 2 atom stereocenters. The lowest BCUT2D eigenvalue weighted by molar-refractivity contribution is 0.100. The second-order valence-electron chi connectivity index (χ2n) is 5.16. The van der Waals surface area contributed by atoms with Crippen LogP contribution in [0.15, 0.2) is 24.3 Å². The smallest absolute Gasteiger partial charge is 0.0628 e. The number of fused-ring (bicyclic) bond motifs is 1. The molecule has 1 heterocycles. The van der Waals surface area contributed by atoms with Gasteiger partial charge in [-0.3, -0.25) is 4.90 Å². The second kappa shape index (κ2) is 5.65. The maximum atomic E-state index is 9.65. The van der Waals surface area contributed by atoms with Crippen molar-refractivity contribution in [2.24, 2.45) is 5.92 Å². The molecular weight excluding hydrogens is 210 g/mol. The third-order valence-corrected chi connectivity index (χ3v) is 3.94. The minimum atomic E-state index is 0.203. The first kappa shape index (κ1) is 12.6. The largest absolute Gasteiger partial charge is 0.394 e. The zero-order valence-electron chi connectivity index (χ0n) is 10.9. The normalized spacial score (nSPS) is 22.2. The topological polar surface area (TPSA) is 23.5 Å². The Hall–Kier alpha value is -0.860. The molecule has 2 heteroatoms. The van der Waals surface area contributed by atoms with Crippen LogP contribution >= 0.6 is 0 Å². The van der Waals surface area contributed by atoms with Gasteiger partial charge in [0.25, 0.3) is 0 Å². The monoisotopic (exact) mass is 233 g/mol. The Labute approximate surface area is 104 Å². The highest BCUT2D eigenvalue weighted by molar-refractivity contribution is 5.32. The van der Waals surface area contributed by atoms with E-state index in [1.165, 1.54) is 17.5 Å². The number of aliphatic hydroxyl groups is 1. The van der Waals surface area contributed by atoms with E-state index in [0.717, 1.165) is 19.5 Å². The van der Waals surface area contributed by atoms with Crippen LogP contribution in [-0.2, 0) is 6.42 Å². The fourth-order valence-corrected chi connectivity index (χ4v) is 2.67. The maximum Gasteiger partial charge on any atom is 0.0628 e. The number of rotatable bonds is 4. The average Bonchev–Trinajstić information content (AvgIpc) is 2.38. The molecule has 1 N–H and O–H groups in total. The highest BCUT2D eigenvalue weighted by Gasteiger charge is 2.26. The van der Waals surface area contributed by atoms with E-state index >= 15 is 0 Å². The van der Waals surface area contributed by atoms with Gasteiger partial charge in [-0.15, -0.1) is 0 Å². The van der Waals surface area contributed by atoms with Crippen LogP contribution in [0.5, 0.6) is 0 Å². The van der Waals surface area contributed by atoms with Crippen molar-refractivity contribution in [2.45, 2.75) is 32.7 Å². The zero-order chi connectivity index (χ0) is 12.3. The van der Waals surface area contributed by atoms with Gasteiger partial charge in [-0.1, -0.05) is 44.5 Å². The summed E-state index contributed by atoms with van der Waals surface area (Å²) in [5, 5.41) is 9.65. The minimum absolute atomic E-state index is 0.203. The standard InChI is InChI=1S/C15H23NO/c1-3-12(2)10-16-9-8-13-6-4-5-7-14(13)15(16)11-17/h4-7,12,15,17H,3,8-11H2,1-2H3. The number of nitrogens with zero attached hydrogens (tertiary/aromatic N) is 1. The summed E-state index contributed by atoms with van der Waals surface area (Å²) < 4.78 is 0. The lowest BCUT2D eigenvalue weighted by atomic mass is 9.92. The van der Waals surface area contributed by atoms with Crippen LogP contribution in [0.25, 0.3) is 0 Å². The zero-order valence-corrected chi connectivity index (χ0v) is 10.9. The van der Waals surface area contributed by atoms with E-state index < -0.39 is 0 Å². The van der Waals surface area contributed by atoms with Crippen molar-refractivity contribution in [3.8, 4) is 0 Å². The predicted octanol–water partition coefficient (Wildman–Crippen LogP) is 2.62. The summed E-state index contributed by atoms with van der Waals surface area (Å²) in [5.74, 6) is 0.703. The predicted molar refractivity (Wildman–Crippen MR) is 71.0 cm³/mol. The van der Waals surface area contributed by atoms with Crippen molar-refractivity contribution in [1.82, 2.24) is 4.90 Å². The number of hydrogen-bond acceptors (Lipinski definition) is 2. The van der Waals surface area contributed by atoms with Gasteiger partial charge < -0.3 is 5.11 Å².